The van der Waals surface area contributed by atoms with Gasteiger partial charge in [-0.05, 0) is 44.2 Å². The zero-order chi connectivity index (χ0) is 17.5. The third kappa shape index (κ3) is 4.32. The third-order valence-electron chi connectivity index (χ3n) is 3.21. The molecule has 0 bridgehead atoms. The molecule has 1 atom stereocenters. The quantitative estimate of drug-likeness (QED) is 0.789. The molecule has 0 aliphatic heterocycles. The molecule has 0 fully saturated rings. The Kier molecular flexibility index (Phi) is 5.89. The van der Waals surface area contributed by atoms with Crippen molar-refractivity contribution < 1.29 is 23.5 Å². The number of halogens is 1. The number of hydrogen-bond donors (Lipinski definition) is 1. The van der Waals surface area contributed by atoms with Crippen LogP contribution in [0.3, 0.4) is 0 Å². The van der Waals surface area contributed by atoms with Gasteiger partial charge >= 0.3 is 0 Å². The monoisotopic (exact) mass is 331 g/mol. The van der Waals surface area contributed by atoms with Crippen LogP contribution in [-0.4, -0.2) is 24.9 Å². The summed E-state index contributed by atoms with van der Waals surface area (Å²) in [6.45, 7) is 3.72. The Morgan fingerprint density at radius 1 is 1.25 bits per heavy atom. The number of amides is 1. The van der Waals surface area contributed by atoms with Gasteiger partial charge in [-0.2, -0.15) is 0 Å². The number of hydrogen-bond acceptors (Lipinski definition) is 4. The fraction of sp³-hybridized carbons (Fsp3) is 0.222. The number of anilines is 1. The van der Waals surface area contributed by atoms with E-state index in [0.29, 0.717) is 30.0 Å². The van der Waals surface area contributed by atoms with E-state index in [2.05, 4.69) is 5.32 Å². The minimum absolute atomic E-state index is 0.0827. The lowest BCUT2D eigenvalue weighted by atomic mass is 10.2. The van der Waals surface area contributed by atoms with Crippen molar-refractivity contribution in [2.75, 3.05) is 11.9 Å². The van der Waals surface area contributed by atoms with E-state index in [1.54, 1.807) is 32.0 Å². The number of nitrogens with one attached hydrogen (secondary N) is 1. The van der Waals surface area contributed by atoms with Gasteiger partial charge in [0.25, 0.3) is 5.91 Å². The summed E-state index contributed by atoms with van der Waals surface area (Å²) in [5, 5.41) is 2.47. The molecule has 0 aliphatic rings. The first kappa shape index (κ1) is 17.5. The second-order valence-corrected chi connectivity index (χ2v) is 4.99. The molecule has 0 heterocycles. The molecule has 24 heavy (non-hydrogen) atoms. The van der Waals surface area contributed by atoms with Crippen molar-refractivity contribution in [3.8, 4) is 11.5 Å². The van der Waals surface area contributed by atoms with Gasteiger partial charge in [0.05, 0.1) is 12.3 Å². The van der Waals surface area contributed by atoms with Crippen LogP contribution in [0.25, 0.3) is 0 Å². The van der Waals surface area contributed by atoms with Crippen molar-refractivity contribution in [1.29, 1.82) is 0 Å². The van der Waals surface area contributed by atoms with Gasteiger partial charge in [-0.3, -0.25) is 9.59 Å². The fourth-order valence-corrected chi connectivity index (χ4v) is 2.00. The molecule has 0 aromatic heterocycles. The molecule has 5 nitrogen and oxygen atoms in total. The highest BCUT2D eigenvalue weighted by atomic mass is 19.1. The van der Waals surface area contributed by atoms with Crippen LogP contribution in [-0.2, 0) is 4.79 Å². The van der Waals surface area contributed by atoms with Crippen LogP contribution < -0.4 is 14.8 Å². The number of rotatable bonds is 7. The van der Waals surface area contributed by atoms with Gasteiger partial charge in [0.1, 0.15) is 12.1 Å². The minimum atomic E-state index is -0.883. The molecule has 2 aromatic rings. The SMILES string of the molecule is CCOc1cc(C=O)ccc1O[C@H](C)C(=O)Nc1ccccc1F. The molecule has 0 saturated carbocycles. The summed E-state index contributed by atoms with van der Waals surface area (Å²) in [4.78, 5) is 23.0. The largest absolute Gasteiger partial charge is 0.490 e. The normalized spacial score (nSPS) is 11.5. The molecule has 0 spiro atoms. The molecular formula is C18H18FNO4. The van der Waals surface area contributed by atoms with Gasteiger partial charge < -0.3 is 14.8 Å². The van der Waals surface area contributed by atoms with E-state index in [1.807, 2.05) is 0 Å². The summed E-state index contributed by atoms with van der Waals surface area (Å²) in [7, 11) is 0. The lowest BCUT2D eigenvalue weighted by molar-refractivity contribution is -0.122. The van der Waals surface area contributed by atoms with Gasteiger partial charge in [-0.15, -0.1) is 0 Å². The lowest BCUT2D eigenvalue weighted by Gasteiger charge is -2.17. The average molecular weight is 331 g/mol. The van der Waals surface area contributed by atoms with E-state index in [0.717, 1.165) is 0 Å². The molecule has 1 N–H and O–H groups in total. The first-order valence-corrected chi connectivity index (χ1v) is 7.49. The van der Waals surface area contributed by atoms with Crippen LogP contribution in [0.5, 0.6) is 11.5 Å². The highest BCUT2D eigenvalue weighted by molar-refractivity contribution is 5.94. The molecule has 2 rings (SSSR count). The molecular weight excluding hydrogens is 313 g/mol. The fourth-order valence-electron chi connectivity index (χ4n) is 2.00. The van der Waals surface area contributed by atoms with Gasteiger partial charge in [0.2, 0.25) is 0 Å². The van der Waals surface area contributed by atoms with E-state index in [9.17, 15) is 14.0 Å². The van der Waals surface area contributed by atoms with Gasteiger partial charge in [0, 0.05) is 5.56 Å². The van der Waals surface area contributed by atoms with E-state index in [1.165, 1.54) is 24.3 Å². The van der Waals surface area contributed by atoms with Crippen molar-refractivity contribution in [1.82, 2.24) is 0 Å². The van der Waals surface area contributed by atoms with Crippen molar-refractivity contribution >= 4 is 17.9 Å². The maximum Gasteiger partial charge on any atom is 0.265 e. The smallest absolute Gasteiger partial charge is 0.265 e. The predicted octanol–water partition coefficient (Wildman–Crippen LogP) is 3.44. The average Bonchev–Trinajstić information content (AvgIpc) is 2.58. The number of para-hydroxylation sites is 1. The Morgan fingerprint density at radius 2 is 2.00 bits per heavy atom. The predicted molar refractivity (Wildman–Crippen MR) is 88.1 cm³/mol. The Labute approximate surface area is 139 Å². The number of carbonyl (C=O) groups excluding carboxylic acids is 2. The van der Waals surface area contributed by atoms with Gasteiger partial charge in [-0.25, -0.2) is 4.39 Å². The molecule has 0 aliphatic carbocycles. The Bertz CT molecular complexity index is 733. The summed E-state index contributed by atoms with van der Waals surface area (Å²) >= 11 is 0. The number of benzene rings is 2. The maximum atomic E-state index is 13.6. The summed E-state index contributed by atoms with van der Waals surface area (Å²) in [5.41, 5.74) is 0.522. The molecule has 1 amide bonds. The second-order valence-electron chi connectivity index (χ2n) is 4.99. The molecule has 6 heteroatoms. The van der Waals surface area contributed by atoms with Crippen LogP contribution in [0.4, 0.5) is 10.1 Å². The first-order valence-electron chi connectivity index (χ1n) is 7.49. The number of aldehydes is 1. The molecule has 0 saturated heterocycles. The maximum absolute atomic E-state index is 13.6. The molecule has 0 radical (unpaired) electrons. The van der Waals surface area contributed by atoms with Crippen LogP contribution >= 0.6 is 0 Å². The van der Waals surface area contributed by atoms with Gasteiger partial charge in [-0.1, -0.05) is 12.1 Å². The molecule has 2 aromatic carbocycles. The highest BCUT2D eigenvalue weighted by Crippen LogP contribution is 2.29. The first-order chi connectivity index (χ1) is 11.5. The topological polar surface area (TPSA) is 64.6 Å². The standard InChI is InChI=1S/C18H18FNO4/c1-3-23-17-10-13(11-21)8-9-16(17)24-12(2)18(22)20-15-7-5-4-6-14(15)19/h4-12H,3H2,1-2H3,(H,20,22)/t12-/m1/s1. The summed E-state index contributed by atoms with van der Waals surface area (Å²) in [5.74, 6) is -0.323. The summed E-state index contributed by atoms with van der Waals surface area (Å²) in [6.07, 6.45) is -0.188. The lowest BCUT2D eigenvalue weighted by Crippen LogP contribution is -2.30. The van der Waals surface area contributed by atoms with Crippen LogP contribution in [0.1, 0.15) is 24.2 Å². The van der Waals surface area contributed by atoms with Crippen molar-refractivity contribution in [2.45, 2.75) is 20.0 Å². The number of carbonyl (C=O) groups is 2. The van der Waals surface area contributed by atoms with Crippen LogP contribution in [0.15, 0.2) is 42.5 Å². The van der Waals surface area contributed by atoms with Crippen molar-refractivity contribution in [3.05, 3.63) is 53.8 Å². The zero-order valence-electron chi connectivity index (χ0n) is 13.4. The number of ether oxygens (including phenoxy) is 2. The molecule has 0 unspecified atom stereocenters. The van der Waals surface area contributed by atoms with E-state index in [4.69, 9.17) is 9.47 Å². The summed E-state index contributed by atoms with van der Waals surface area (Å²) in [6, 6.07) is 10.5. The molecule has 126 valence electrons. The van der Waals surface area contributed by atoms with Crippen LogP contribution in [0, 0.1) is 5.82 Å². The van der Waals surface area contributed by atoms with Crippen LogP contribution in [0.2, 0.25) is 0 Å². The highest BCUT2D eigenvalue weighted by Gasteiger charge is 2.18. The second kappa shape index (κ2) is 8.10. The van der Waals surface area contributed by atoms with Crippen molar-refractivity contribution in [3.63, 3.8) is 0 Å². The zero-order valence-corrected chi connectivity index (χ0v) is 13.4. The Hall–Kier alpha value is -2.89. The van der Waals surface area contributed by atoms with Gasteiger partial charge in [0.15, 0.2) is 17.6 Å². The van der Waals surface area contributed by atoms with E-state index < -0.39 is 17.8 Å². The van der Waals surface area contributed by atoms with Crippen molar-refractivity contribution in [2.24, 2.45) is 0 Å². The Balaban J connectivity index is 2.11. The minimum Gasteiger partial charge on any atom is -0.490 e. The van der Waals surface area contributed by atoms with E-state index >= 15 is 0 Å². The third-order valence-corrected chi connectivity index (χ3v) is 3.21. The Morgan fingerprint density at radius 3 is 2.67 bits per heavy atom. The van der Waals surface area contributed by atoms with E-state index in [-0.39, 0.29) is 5.69 Å². The summed E-state index contributed by atoms with van der Waals surface area (Å²) < 4.78 is 24.6.